The van der Waals surface area contributed by atoms with Gasteiger partial charge in [-0.2, -0.15) is 11.8 Å². The van der Waals surface area contributed by atoms with Crippen LogP contribution in [0.3, 0.4) is 0 Å². The number of nitrogens with zero attached hydrogens (tertiary/aromatic N) is 1. The highest BCUT2D eigenvalue weighted by atomic mass is 32.2. The minimum absolute atomic E-state index is 0.0268. The van der Waals surface area contributed by atoms with Gasteiger partial charge in [0.2, 0.25) is 5.91 Å². The van der Waals surface area contributed by atoms with Crippen LogP contribution in [0.1, 0.15) is 27.2 Å². The maximum Gasteiger partial charge on any atom is 0.307 e. The van der Waals surface area contributed by atoms with Gasteiger partial charge in [-0.05, 0) is 30.8 Å². The fraction of sp³-hybridized carbons (Fsp3) is 0.846. The van der Waals surface area contributed by atoms with E-state index in [1.54, 1.807) is 23.7 Å². The van der Waals surface area contributed by atoms with Crippen molar-refractivity contribution in [3.63, 3.8) is 0 Å². The second-order valence-corrected chi connectivity index (χ2v) is 6.68. The molecule has 1 amide bonds. The van der Waals surface area contributed by atoms with Gasteiger partial charge >= 0.3 is 5.97 Å². The third-order valence-corrected chi connectivity index (χ3v) is 4.75. The zero-order valence-corrected chi connectivity index (χ0v) is 12.6. The first kappa shape index (κ1) is 15.3. The average Bonchev–Trinajstić information content (AvgIpc) is 2.87. The normalized spacial score (nSPS) is 26.5. The minimum Gasteiger partial charge on any atom is -0.481 e. The molecule has 4 nitrogen and oxygen atoms in total. The molecule has 1 saturated carbocycles. The zero-order chi connectivity index (χ0) is 14.1. The SMILES string of the molecule is CSCCC(C)N(C)C(=O)[C@H]1[C@@H](C(=O)O)C1(C)C. The third-order valence-electron chi connectivity index (χ3n) is 4.11. The third kappa shape index (κ3) is 2.82. The number of amides is 1. The summed E-state index contributed by atoms with van der Waals surface area (Å²) in [6, 6.07) is 0.163. The van der Waals surface area contributed by atoms with Crippen molar-refractivity contribution in [3.8, 4) is 0 Å². The Morgan fingerprint density at radius 3 is 2.33 bits per heavy atom. The van der Waals surface area contributed by atoms with Gasteiger partial charge in [-0.25, -0.2) is 0 Å². The Kier molecular flexibility index (Phi) is 4.70. The van der Waals surface area contributed by atoms with Crippen LogP contribution >= 0.6 is 11.8 Å². The number of aliphatic carboxylic acids is 1. The molecule has 0 aliphatic heterocycles. The van der Waals surface area contributed by atoms with Gasteiger partial charge in [0.05, 0.1) is 11.8 Å². The Hall–Kier alpha value is -0.710. The second-order valence-electron chi connectivity index (χ2n) is 5.69. The molecule has 0 aromatic carbocycles. The molecule has 1 rings (SSSR count). The number of thioether (sulfide) groups is 1. The molecule has 1 unspecified atom stereocenters. The van der Waals surface area contributed by atoms with Crippen LogP contribution in [0.15, 0.2) is 0 Å². The highest BCUT2D eigenvalue weighted by Gasteiger charge is 2.66. The van der Waals surface area contributed by atoms with Crippen molar-refractivity contribution in [3.05, 3.63) is 0 Å². The summed E-state index contributed by atoms with van der Waals surface area (Å²) in [6.07, 6.45) is 2.98. The Morgan fingerprint density at radius 1 is 1.39 bits per heavy atom. The van der Waals surface area contributed by atoms with Crippen LogP contribution in [0.5, 0.6) is 0 Å². The first-order valence-corrected chi connectivity index (χ1v) is 7.63. The molecule has 1 aliphatic rings. The first-order valence-electron chi connectivity index (χ1n) is 6.23. The van der Waals surface area contributed by atoms with E-state index in [0.29, 0.717) is 0 Å². The molecule has 0 bridgehead atoms. The lowest BCUT2D eigenvalue weighted by Crippen LogP contribution is -2.37. The summed E-state index contributed by atoms with van der Waals surface area (Å²) in [5, 5.41) is 9.10. The van der Waals surface area contributed by atoms with Gasteiger partial charge in [-0.15, -0.1) is 0 Å². The van der Waals surface area contributed by atoms with Crippen molar-refractivity contribution >= 4 is 23.6 Å². The summed E-state index contributed by atoms with van der Waals surface area (Å²) in [5.74, 6) is -0.767. The molecule has 3 atom stereocenters. The van der Waals surface area contributed by atoms with Crippen LogP contribution in [-0.4, -0.2) is 47.0 Å². The van der Waals surface area contributed by atoms with Crippen molar-refractivity contribution in [2.45, 2.75) is 33.2 Å². The highest BCUT2D eigenvalue weighted by molar-refractivity contribution is 7.98. The van der Waals surface area contributed by atoms with Crippen LogP contribution < -0.4 is 0 Å². The molecule has 5 heteroatoms. The lowest BCUT2D eigenvalue weighted by atomic mass is 10.1. The molecule has 0 radical (unpaired) electrons. The van der Waals surface area contributed by atoms with E-state index in [1.165, 1.54) is 0 Å². The number of rotatable bonds is 6. The molecule has 1 fully saturated rings. The Balaban J connectivity index is 2.63. The fourth-order valence-corrected chi connectivity index (χ4v) is 3.05. The van der Waals surface area contributed by atoms with Gasteiger partial charge in [-0.3, -0.25) is 9.59 Å². The second kappa shape index (κ2) is 5.51. The maximum atomic E-state index is 12.3. The summed E-state index contributed by atoms with van der Waals surface area (Å²) < 4.78 is 0. The molecule has 1 N–H and O–H groups in total. The van der Waals surface area contributed by atoms with Crippen LogP contribution in [0.4, 0.5) is 0 Å². The van der Waals surface area contributed by atoms with E-state index < -0.39 is 17.3 Å². The van der Waals surface area contributed by atoms with Gasteiger partial charge in [0.25, 0.3) is 0 Å². The van der Waals surface area contributed by atoms with Gasteiger partial charge < -0.3 is 10.0 Å². The molecule has 18 heavy (non-hydrogen) atoms. The molecule has 1 aliphatic carbocycles. The predicted molar refractivity (Wildman–Crippen MR) is 73.6 cm³/mol. The molecule has 0 aromatic rings. The van der Waals surface area contributed by atoms with E-state index in [1.807, 2.05) is 27.0 Å². The average molecular weight is 273 g/mol. The van der Waals surface area contributed by atoms with E-state index in [0.717, 1.165) is 12.2 Å². The molecule has 0 spiro atoms. The molecule has 104 valence electrons. The van der Waals surface area contributed by atoms with E-state index in [2.05, 4.69) is 0 Å². The monoisotopic (exact) mass is 273 g/mol. The number of carbonyl (C=O) groups excluding carboxylic acids is 1. The summed E-state index contributed by atoms with van der Waals surface area (Å²) in [5.41, 5.74) is -0.406. The van der Waals surface area contributed by atoms with E-state index in [9.17, 15) is 9.59 Å². The topological polar surface area (TPSA) is 57.6 Å². The summed E-state index contributed by atoms with van der Waals surface area (Å²) in [7, 11) is 1.78. The van der Waals surface area contributed by atoms with Crippen molar-refractivity contribution in [1.29, 1.82) is 0 Å². The zero-order valence-electron chi connectivity index (χ0n) is 11.8. The summed E-state index contributed by atoms with van der Waals surface area (Å²) in [4.78, 5) is 25.1. The van der Waals surface area contributed by atoms with E-state index in [-0.39, 0.29) is 17.9 Å². The van der Waals surface area contributed by atoms with Crippen LogP contribution in [0, 0.1) is 17.3 Å². The van der Waals surface area contributed by atoms with Crippen LogP contribution in [-0.2, 0) is 9.59 Å². The summed E-state index contributed by atoms with van der Waals surface area (Å²) in [6.45, 7) is 5.72. The van der Waals surface area contributed by atoms with Crippen molar-refractivity contribution in [1.82, 2.24) is 4.90 Å². The van der Waals surface area contributed by atoms with E-state index >= 15 is 0 Å². The number of carbonyl (C=O) groups is 2. The molecule has 0 saturated heterocycles. The van der Waals surface area contributed by atoms with Crippen molar-refractivity contribution < 1.29 is 14.7 Å². The van der Waals surface area contributed by atoms with Crippen LogP contribution in [0.25, 0.3) is 0 Å². The van der Waals surface area contributed by atoms with E-state index in [4.69, 9.17) is 5.11 Å². The number of hydrogen-bond donors (Lipinski definition) is 1. The van der Waals surface area contributed by atoms with Gasteiger partial charge in [0.1, 0.15) is 0 Å². The quantitative estimate of drug-likeness (QED) is 0.803. The number of hydrogen-bond acceptors (Lipinski definition) is 3. The molecule has 0 aromatic heterocycles. The number of carboxylic acid groups (broad SMARTS) is 1. The molecule has 0 heterocycles. The largest absolute Gasteiger partial charge is 0.481 e. The fourth-order valence-electron chi connectivity index (χ4n) is 2.48. The lowest BCUT2D eigenvalue weighted by molar-refractivity contribution is -0.142. The number of carboxylic acids is 1. The lowest BCUT2D eigenvalue weighted by Gasteiger charge is -2.25. The highest BCUT2D eigenvalue weighted by Crippen LogP contribution is 2.59. The smallest absolute Gasteiger partial charge is 0.307 e. The Labute approximate surface area is 113 Å². The Morgan fingerprint density at radius 2 is 1.94 bits per heavy atom. The van der Waals surface area contributed by atoms with Gasteiger partial charge in [0.15, 0.2) is 0 Å². The van der Waals surface area contributed by atoms with Crippen molar-refractivity contribution in [2.24, 2.45) is 17.3 Å². The maximum absolute atomic E-state index is 12.3. The van der Waals surface area contributed by atoms with Gasteiger partial charge in [-0.1, -0.05) is 13.8 Å². The Bertz CT molecular complexity index is 343. The summed E-state index contributed by atoms with van der Waals surface area (Å²) >= 11 is 1.76. The minimum atomic E-state index is -0.858. The molecular formula is C13H23NO3S. The van der Waals surface area contributed by atoms with Gasteiger partial charge in [0, 0.05) is 13.1 Å². The van der Waals surface area contributed by atoms with Crippen molar-refractivity contribution in [2.75, 3.05) is 19.1 Å². The predicted octanol–water partition coefficient (Wildman–Crippen LogP) is 1.94. The molecular weight excluding hydrogens is 250 g/mol. The first-order chi connectivity index (χ1) is 8.25. The van der Waals surface area contributed by atoms with Crippen LogP contribution in [0.2, 0.25) is 0 Å². The standard InChI is InChI=1S/C13H23NO3S/c1-8(6-7-18-5)14(4)11(15)9-10(12(16)17)13(9,2)3/h8-10H,6-7H2,1-5H3,(H,16,17)/t8?,9-,10+/m1/s1.